The Hall–Kier alpha value is -9.57. The van der Waals surface area contributed by atoms with Crippen LogP contribution in [0, 0.1) is 5.92 Å². The lowest BCUT2D eigenvalue weighted by Crippen LogP contribution is -2.64. The molecule has 0 aliphatic carbocycles. The minimum absolute atomic E-state index is 0.0331. The molecule has 4 heterocycles. The molecular formula is C63H54N7O11S3+. The van der Waals surface area contributed by atoms with Crippen molar-refractivity contribution in [1.82, 2.24) is 15.4 Å². The first-order chi connectivity index (χ1) is 40.9. The number of nitrogens with one attached hydrogen (secondary N) is 3. The molecule has 1 fully saturated rings. The number of pyridine rings is 1. The Kier molecular flexibility index (Phi) is 17.9. The number of hydrogen-bond acceptors (Lipinski definition) is 18. The van der Waals surface area contributed by atoms with E-state index < -0.39 is 63.9 Å². The smallest absolute Gasteiger partial charge is 0.379 e. The average molecular weight is 1180 g/mol. The number of esters is 3. The fraction of sp³-hybridized carbons (Fsp3) is 0.159. The number of nitrogens with zero attached hydrogens (tertiary/aromatic N) is 4. The molecule has 424 valence electrons. The zero-order chi connectivity index (χ0) is 58.7. The van der Waals surface area contributed by atoms with E-state index in [-0.39, 0.29) is 34.4 Å². The van der Waals surface area contributed by atoms with Crippen molar-refractivity contribution in [3.63, 3.8) is 0 Å². The fourth-order valence-corrected chi connectivity index (χ4v) is 13.3. The van der Waals surface area contributed by atoms with Crippen LogP contribution in [0.3, 0.4) is 0 Å². The van der Waals surface area contributed by atoms with Gasteiger partial charge in [0.2, 0.25) is 18.3 Å². The third kappa shape index (κ3) is 12.4. The molecule has 2 amide bonds. The van der Waals surface area contributed by atoms with E-state index in [2.05, 4.69) is 21.4 Å². The van der Waals surface area contributed by atoms with Gasteiger partial charge in [0, 0.05) is 42.0 Å². The van der Waals surface area contributed by atoms with Gasteiger partial charge >= 0.3 is 29.8 Å². The second kappa shape index (κ2) is 26.1. The van der Waals surface area contributed by atoms with Gasteiger partial charge in [-0.25, -0.2) is 9.78 Å². The molecule has 0 radical (unpaired) electrons. The molecule has 1 saturated heterocycles. The van der Waals surface area contributed by atoms with Gasteiger partial charge in [0.25, 0.3) is 0 Å². The van der Waals surface area contributed by atoms with E-state index in [1.165, 1.54) is 72.9 Å². The Balaban J connectivity index is 1.01. The molecular weight excluding hydrogens is 1130 g/mol. The van der Waals surface area contributed by atoms with Crippen molar-refractivity contribution < 1.29 is 57.3 Å². The average Bonchev–Trinajstić information content (AvgIpc) is 4.18. The molecule has 8 aromatic rings. The molecule has 6 aromatic carbocycles. The molecule has 18 nitrogen and oxygen atoms in total. The van der Waals surface area contributed by atoms with Crippen LogP contribution < -0.4 is 30.4 Å². The summed E-state index contributed by atoms with van der Waals surface area (Å²) in [7, 11) is 3.01. The van der Waals surface area contributed by atoms with Crippen molar-refractivity contribution in [2.75, 3.05) is 30.7 Å². The Bertz CT molecular complexity index is 3630. The number of carbonyl (C=O) groups is 6. The second-order valence-corrected chi connectivity index (χ2v) is 22.0. The standard InChI is InChI=1S/C63H53N7O11S3/c1-39(71)78-50-31-30-43(36-51(50)79-40(2)72)56-48(37-82-47-32-34-69(64-3)35-33-47)54(70-58(74)52(59(70)84-56)60(75)80-55(41-20-10-5-11-21-41)42-22-12-6-13-23-42)61(76)81-68-57(73)53(67-77-4)49-38-83-62(65-49)66-63(44-24-14-7-15-25-44,45-26-16-8-17-27-45)46-28-18-9-19-29-46/h5-36,38,52,55-56,59,64H,37H2,1-4H3,(H-,65,66,68,73)/p+1/b67-53-/t52?,56-,59-/m0/s1. The normalized spacial score (nSPS) is 15.7. The number of thiazole rings is 1. The number of hydrogen-bond donors (Lipinski definition) is 3. The Morgan fingerprint density at radius 2 is 1.29 bits per heavy atom. The highest BCUT2D eigenvalue weighted by Gasteiger charge is 2.60. The van der Waals surface area contributed by atoms with E-state index in [0.717, 1.165) is 21.6 Å². The highest BCUT2D eigenvalue weighted by molar-refractivity contribution is 8.01. The van der Waals surface area contributed by atoms with Crippen LogP contribution >= 0.6 is 34.9 Å². The number of β-lactam (4-membered cyclic amide) rings is 1. The molecule has 21 heteroatoms. The number of benzene rings is 6. The second-order valence-electron chi connectivity index (χ2n) is 18.9. The van der Waals surface area contributed by atoms with Crippen LogP contribution in [0.5, 0.6) is 11.5 Å². The number of carbonyl (C=O) groups excluding carboxylic acids is 6. The first-order valence-electron chi connectivity index (χ1n) is 26.2. The quantitative estimate of drug-likeness (QED) is 0.00745. The van der Waals surface area contributed by atoms with Gasteiger partial charge in [-0.05, 0) is 51.1 Å². The van der Waals surface area contributed by atoms with Crippen molar-refractivity contribution >= 4 is 81.4 Å². The summed E-state index contributed by atoms with van der Waals surface area (Å²) in [5, 5.41) is 7.74. The number of anilines is 1. The van der Waals surface area contributed by atoms with Crippen LogP contribution in [0.15, 0.2) is 221 Å². The highest BCUT2D eigenvalue weighted by atomic mass is 32.2. The number of hydroxylamine groups is 1. The lowest BCUT2D eigenvalue weighted by molar-refractivity contribution is -0.647. The van der Waals surface area contributed by atoms with E-state index >= 15 is 4.79 Å². The highest BCUT2D eigenvalue weighted by Crippen LogP contribution is 2.56. The zero-order valence-corrected chi connectivity index (χ0v) is 48.0. The van der Waals surface area contributed by atoms with Crippen molar-refractivity contribution in [2.24, 2.45) is 11.1 Å². The van der Waals surface area contributed by atoms with Crippen molar-refractivity contribution in [3.05, 3.63) is 250 Å². The first kappa shape index (κ1) is 57.7. The maximum absolute atomic E-state index is 15.2. The van der Waals surface area contributed by atoms with Gasteiger partial charge in [-0.15, -0.1) is 34.9 Å². The van der Waals surface area contributed by atoms with Gasteiger partial charge in [-0.1, -0.05) is 168 Å². The molecule has 84 heavy (non-hydrogen) atoms. The molecule has 0 saturated carbocycles. The molecule has 0 spiro atoms. The molecule has 10 rings (SSSR count). The predicted octanol–water partition coefficient (Wildman–Crippen LogP) is 9.44. The summed E-state index contributed by atoms with van der Waals surface area (Å²) in [6.07, 6.45) is 2.68. The molecule has 2 aliphatic heterocycles. The van der Waals surface area contributed by atoms with E-state index in [9.17, 15) is 24.0 Å². The number of fused-ring (bicyclic) bond motifs is 1. The van der Waals surface area contributed by atoms with E-state index in [1.807, 2.05) is 164 Å². The number of aromatic nitrogens is 2. The number of thioether (sulfide) groups is 2. The minimum atomic E-state index is -1.45. The van der Waals surface area contributed by atoms with Crippen molar-refractivity contribution in [1.29, 1.82) is 0 Å². The molecule has 2 aliphatic rings. The largest absolute Gasteiger partial charge is 0.452 e. The summed E-state index contributed by atoms with van der Waals surface area (Å²) in [6.45, 7) is 2.39. The Morgan fingerprint density at radius 3 is 1.82 bits per heavy atom. The fourth-order valence-electron chi connectivity index (χ4n) is 9.83. The van der Waals surface area contributed by atoms with Crippen LogP contribution in [0.25, 0.3) is 0 Å². The lowest BCUT2D eigenvalue weighted by Gasteiger charge is -2.50. The van der Waals surface area contributed by atoms with Gasteiger partial charge in [-0.3, -0.25) is 28.9 Å². The van der Waals surface area contributed by atoms with E-state index in [0.29, 0.717) is 27.4 Å². The van der Waals surface area contributed by atoms with Gasteiger partial charge in [0.1, 0.15) is 29.4 Å². The van der Waals surface area contributed by atoms with Gasteiger partial charge in [0.15, 0.2) is 34.4 Å². The minimum Gasteiger partial charge on any atom is -0.452 e. The van der Waals surface area contributed by atoms with Crippen LogP contribution in [0.4, 0.5) is 5.13 Å². The maximum Gasteiger partial charge on any atom is 0.379 e. The Labute approximate surface area is 495 Å². The monoisotopic (exact) mass is 1180 g/mol. The van der Waals surface area contributed by atoms with Crippen LogP contribution in [-0.4, -0.2) is 76.6 Å². The SMILES string of the molecule is CN[n+]1ccc(SCC2=C(C(=O)ONC(=O)/C(=N\OC)c3csc(NC(c4ccccc4)(c4ccccc4)c4ccccc4)n3)N3C(=O)C(C(=O)OC(c4ccccc4)c4ccccc4)[C@@H]3S[C@H]2c2ccc(OC(C)=O)c(OC(C)=O)c2)cc1. The number of ether oxygens (including phenoxy) is 3. The third-order valence-corrected chi connectivity index (χ3v) is 17.0. The van der Waals surface area contributed by atoms with Crippen molar-refractivity contribution in [3.8, 4) is 11.5 Å². The summed E-state index contributed by atoms with van der Waals surface area (Å²) >= 11 is 3.70. The molecule has 1 unspecified atom stereocenters. The van der Waals surface area contributed by atoms with E-state index in [4.69, 9.17) is 28.9 Å². The summed E-state index contributed by atoms with van der Waals surface area (Å²) in [5.74, 6) is -6.79. The van der Waals surface area contributed by atoms with Gasteiger partial charge < -0.3 is 29.2 Å². The summed E-state index contributed by atoms with van der Waals surface area (Å²) in [6, 6.07) is 56.1. The van der Waals surface area contributed by atoms with Crippen LogP contribution in [0.1, 0.15) is 64.3 Å². The summed E-state index contributed by atoms with van der Waals surface area (Å²) < 4.78 is 19.0. The molecule has 2 aromatic heterocycles. The Morgan fingerprint density at radius 1 is 0.738 bits per heavy atom. The molecule has 3 atom stereocenters. The molecule has 3 N–H and O–H groups in total. The first-order valence-corrected chi connectivity index (χ1v) is 29.1. The van der Waals surface area contributed by atoms with Gasteiger partial charge in [0.05, 0.1) is 12.3 Å². The zero-order valence-electron chi connectivity index (χ0n) is 45.6. The number of amides is 2. The molecule has 0 bridgehead atoms. The van der Waals surface area contributed by atoms with Crippen LogP contribution in [0.2, 0.25) is 0 Å². The maximum atomic E-state index is 15.2. The van der Waals surface area contributed by atoms with Gasteiger partial charge in [-0.2, -0.15) is 10.9 Å². The number of rotatable bonds is 20. The summed E-state index contributed by atoms with van der Waals surface area (Å²) in [5.41, 5.74) is 8.50. The third-order valence-electron chi connectivity index (χ3n) is 13.6. The van der Waals surface area contributed by atoms with Crippen LogP contribution in [-0.2, 0) is 48.7 Å². The van der Waals surface area contributed by atoms with E-state index in [1.54, 1.807) is 35.6 Å². The lowest BCUT2D eigenvalue weighted by atomic mass is 9.77. The van der Waals surface area contributed by atoms with Crippen molar-refractivity contribution in [2.45, 2.75) is 41.0 Å². The number of oxime groups is 1. The topological polar surface area (TPSA) is 217 Å². The summed E-state index contributed by atoms with van der Waals surface area (Å²) in [4.78, 5) is 102. The predicted molar refractivity (Wildman–Crippen MR) is 317 cm³/mol.